The Morgan fingerprint density at radius 3 is 2.51 bits per heavy atom. The third kappa shape index (κ3) is 6.76. The molecule has 0 radical (unpaired) electrons. The molecule has 5 atom stereocenters. The second-order valence-corrected chi connectivity index (χ2v) is 13.7. The van der Waals surface area contributed by atoms with Crippen molar-refractivity contribution in [2.24, 2.45) is 16.8 Å². The molecule has 0 aromatic heterocycles. The van der Waals surface area contributed by atoms with Gasteiger partial charge in [0.1, 0.15) is 12.3 Å². The number of hydrogen-bond acceptors (Lipinski definition) is 8. The van der Waals surface area contributed by atoms with Crippen LogP contribution in [0.4, 0.5) is 4.79 Å². The molecule has 0 aromatic carbocycles. The van der Waals surface area contributed by atoms with E-state index in [4.69, 9.17) is 13.9 Å². The van der Waals surface area contributed by atoms with E-state index >= 15 is 0 Å². The van der Waals surface area contributed by atoms with E-state index in [9.17, 15) is 24.3 Å². The number of fused-ring (bicyclic) bond motifs is 1. The van der Waals surface area contributed by atoms with Gasteiger partial charge in [-0.15, -0.1) is 6.58 Å². The molecule has 0 spiro atoms. The van der Waals surface area contributed by atoms with Gasteiger partial charge >= 0.3 is 12.1 Å². The highest BCUT2D eigenvalue weighted by Gasteiger charge is 2.58. The number of rotatable bonds is 14. The average molecular weight is 508 g/mol. The summed E-state index contributed by atoms with van der Waals surface area (Å²) < 4.78 is 16.6. The zero-order chi connectivity index (χ0) is 26.3. The normalized spacial score (nSPS) is 21.7. The van der Waals surface area contributed by atoms with Gasteiger partial charge in [-0.3, -0.25) is 4.79 Å². The van der Waals surface area contributed by atoms with Crippen LogP contribution in [0.25, 0.3) is 0 Å². The van der Waals surface area contributed by atoms with E-state index < -0.39 is 50.6 Å². The fraction of sp³-hybridized carbons (Fsp3) is 0.565. The fourth-order valence-electron chi connectivity index (χ4n) is 4.49. The molecule has 2 rings (SSSR count). The summed E-state index contributed by atoms with van der Waals surface area (Å²) in [4.78, 5) is 53.4. The van der Waals surface area contributed by atoms with Crippen molar-refractivity contribution in [1.82, 2.24) is 10.2 Å². The Morgan fingerprint density at radius 1 is 1.31 bits per heavy atom. The number of aliphatic carboxylic acids is 1. The second-order valence-electron chi connectivity index (χ2n) is 9.23. The molecule has 0 bridgehead atoms. The topological polar surface area (TPSA) is 144 Å². The molecule has 0 saturated carbocycles. The molecular formula is C23H33N3O8Si. The minimum atomic E-state index is -1.95. The van der Waals surface area contributed by atoms with Crippen molar-refractivity contribution >= 4 is 32.4 Å². The van der Waals surface area contributed by atoms with Crippen molar-refractivity contribution in [2.45, 2.75) is 51.4 Å². The van der Waals surface area contributed by atoms with Gasteiger partial charge < -0.3 is 29.2 Å². The predicted octanol–water partition coefficient (Wildman–Crippen LogP) is 2.19. The van der Waals surface area contributed by atoms with Gasteiger partial charge in [0.25, 0.3) is 0 Å². The van der Waals surface area contributed by atoms with Crippen LogP contribution in [0.5, 0.6) is 0 Å². The molecule has 0 aromatic rings. The van der Waals surface area contributed by atoms with Crippen LogP contribution in [0.15, 0.2) is 41.6 Å². The van der Waals surface area contributed by atoms with Crippen LogP contribution in [0.2, 0.25) is 19.6 Å². The lowest BCUT2D eigenvalue weighted by Crippen LogP contribution is -2.63. The van der Waals surface area contributed by atoms with Crippen molar-refractivity contribution in [3.63, 3.8) is 0 Å². The molecular weight excluding hydrogens is 474 g/mol. The van der Waals surface area contributed by atoms with Crippen LogP contribution >= 0.6 is 0 Å². The number of carbonyl (C=O) groups is 3. The number of ether oxygens (including phenoxy) is 2. The van der Waals surface area contributed by atoms with E-state index in [2.05, 4.69) is 23.5 Å². The summed E-state index contributed by atoms with van der Waals surface area (Å²) in [5.41, 5.74) is 0.131. The predicted molar refractivity (Wildman–Crippen MR) is 128 cm³/mol. The minimum Gasteiger partial charge on any atom is -0.477 e. The number of isocyanates is 1. The van der Waals surface area contributed by atoms with Crippen molar-refractivity contribution in [3.8, 4) is 0 Å². The van der Waals surface area contributed by atoms with E-state index in [1.54, 1.807) is 0 Å². The van der Waals surface area contributed by atoms with Gasteiger partial charge in [-0.1, -0.05) is 18.7 Å². The Kier molecular flexibility index (Phi) is 9.72. The van der Waals surface area contributed by atoms with Crippen molar-refractivity contribution in [3.05, 3.63) is 36.6 Å². The van der Waals surface area contributed by atoms with Crippen LogP contribution in [0, 0.1) is 11.8 Å². The first-order chi connectivity index (χ1) is 16.5. The third-order valence-electron chi connectivity index (χ3n) is 5.65. The van der Waals surface area contributed by atoms with Gasteiger partial charge in [0.05, 0.1) is 24.7 Å². The van der Waals surface area contributed by atoms with Crippen LogP contribution < -0.4 is 5.32 Å². The first-order valence-electron chi connectivity index (χ1n) is 11.2. The van der Waals surface area contributed by atoms with Gasteiger partial charge in [0, 0.05) is 12.5 Å². The molecule has 2 heterocycles. The Bertz CT molecular complexity index is 938. The number of nitrogens with one attached hydrogen (secondary N) is 1. The Morgan fingerprint density at radius 2 is 1.97 bits per heavy atom. The SMILES string of the molecule is C=CCOC(=O)NCC(C1=C(C(=O)O)N2C(=O)[C@H]([C@@H](C)O[Si](C)(C)C)[C@H]2C1)C(N=C=O)OCC=C. The molecule has 12 heteroatoms. The Balaban J connectivity index is 2.41. The van der Waals surface area contributed by atoms with Gasteiger partial charge in [-0.05, 0) is 38.6 Å². The number of carboxylic acids is 1. The number of carboxylic acid groups (broad SMARTS) is 1. The summed E-state index contributed by atoms with van der Waals surface area (Å²) in [6.45, 7) is 14.7. The summed E-state index contributed by atoms with van der Waals surface area (Å²) in [6.07, 6.45) is 2.15. The van der Waals surface area contributed by atoms with E-state index in [0.717, 1.165) is 0 Å². The maximum absolute atomic E-state index is 13.0. The van der Waals surface area contributed by atoms with Crippen LogP contribution in [-0.2, 0) is 28.3 Å². The lowest BCUT2D eigenvalue weighted by Gasteiger charge is -2.47. The van der Waals surface area contributed by atoms with Crippen LogP contribution in [0.3, 0.4) is 0 Å². The van der Waals surface area contributed by atoms with Crippen molar-refractivity contribution in [1.29, 1.82) is 0 Å². The number of amides is 2. The van der Waals surface area contributed by atoms with Crippen molar-refractivity contribution in [2.75, 3.05) is 19.8 Å². The molecule has 0 aliphatic carbocycles. The molecule has 2 amide bonds. The fourth-order valence-corrected chi connectivity index (χ4v) is 5.75. The van der Waals surface area contributed by atoms with Gasteiger partial charge in [-0.25, -0.2) is 14.4 Å². The molecule has 192 valence electrons. The zero-order valence-electron chi connectivity index (χ0n) is 20.5. The molecule has 11 nitrogen and oxygen atoms in total. The maximum atomic E-state index is 13.0. The summed E-state index contributed by atoms with van der Waals surface area (Å²) in [6, 6.07) is -0.426. The van der Waals surface area contributed by atoms with Crippen molar-refractivity contribution < 1.29 is 38.2 Å². The molecule has 2 aliphatic rings. The summed E-state index contributed by atoms with van der Waals surface area (Å²) in [5, 5.41) is 12.5. The van der Waals surface area contributed by atoms with Gasteiger partial charge in [0.15, 0.2) is 14.5 Å². The Hall–Kier alpha value is -3.05. The largest absolute Gasteiger partial charge is 0.477 e. The molecule has 2 unspecified atom stereocenters. The number of carbonyl (C=O) groups excluding carboxylic acids is 3. The zero-order valence-corrected chi connectivity index (χ0v) is 21.5. The lowest BCUT2D eigenvalue weighted by atomic mass is 9.81. The summed E-state index contributed by atoms with van der Waals surface area (Å²) >= 11 is 0. The van der Waals surface area contributed by atoms with E-state index in [1.807, 2.05) is 26.6 Å². The standard InChI is InChI=1S/C23H33N3O8Si/c1-7-9-32-20(25-13-27)16(12-24-23(31)33-10-8-2)15-11-17-18(14(3)34-35(4,5)6)21(28)26(17)19(15)22(29)30/h7-8,14,16-18,20H,1-2,9-12H2,3-6H3,(H,24,31)(H,29,30)/t14-,16?,17-,18-,20?/m1/s1. The highest BCUT2D eigenvalue weighted by atomic mass is 28.4. The highest BCUT2D eigenvalue weighted by Crippen LogP contribution is 2.47. The van der Waals surface area contributed by atoms with E-state index in [0.29, 0.717) is 5.57 Å². The van der Waals surface area contributed by atoms with E-state index in [-0.39, 0.29) is 37.8 Å². The maximum Gasteiger partial charge on any atom is 0.407 e. The number of aliphatic imine (C=N–C) groups is 1. The molecule has 35 heavy (non-hydrogen) atoms. The molecule has 2 aliphatic heterocycles. The Labute approximate surface area is 205 Å². The summed E-state index contributed by atoms with van der Waals surface area (Å²) in [7, 11) is -1.95. The summed E-state index contributed by atoms with van der Waals surface area (Å²) in [5.74, 6) is -3.04. The number of alkyl carbamates (subject to hydrolysis) is 1. The van der Waals surface area contributed by atoms with Crippen LogP contribution in [0.1, 0.15) is 13.3 Å². The highest BCUT2D eigenvalue weighted by molar-refractivity contribution is 6.69. The molecule has 1 saturated heterocycles. The van der Waals surface area contributed by atoms with E-state index in [1.165, 1.54) is 23.1 Å². The first-order valence-corrected chi connectivity index (χ1v) is 14.7. The lowest BCUT2D eigenvalue weighted by molar-refractivity contribution is -0.160. The number of β-lactam (4-membered cyclic amide) rings is 1. The molecule has 1 fully saturated rings. The van der Waals surface area contributed by atoms with Crippen LogP contribution in [-0.4, -0.2) is 80.5 Å². The quantitative estimate of drug-likeness (QED) is 0.120. The smallest absolute Gasteiger partial charge is 0.407 e. The van der Waals surface area contributed by atoms with Gasteiger partial charge in [-0.2, -0.15) is 4.99 Å². The average Bonchev–Trinajstić information content (AvgIpc) is 3.09. The number of hydrogen-bond donors (Lipinski definition) is 2. The molecule has 2 N–H and O–H groups in total. The minimum absolute atomic E-state index is 0.0126. The second kappa shape index (κ2) is 12.1. The first kappa shape index (κ1) is 28.2. The number of nitrogens with zero attached hydrogens (tertiary/aromatic N) is 2. The monoisotopic (exact) mass is 507 g/mol. The van der Waals surface area contributed by atoms with Gasteiger partial charge in [0.2, 0.25) is 12.0 Å². The third-order valence-corrected chi connectivity index (χ3v) is 6.72.